The Morgan fingerprint density at radius 1 is 1.18 bits per heavy atom. The van der Waals surface area contributed by atoms with E-state index in [-0.39, 0.29) is 5.82 Å². The zero-order valence-corrected chi connectivity index (χ0v) is 9.30. The smallest absolute Gasteiger partial charge is 0.213 e. The fourth-order valence-corrected chi connectivity index (χ4v) is 1.51. The first-order valence-corrected chi connectivity index (χ1v) is 5.15. The molecule has 0 radical (unpaired) electrons. The number of hydrogen-bond donors (Lipinski definition) is 1. The number of pyridine rings is 1. The van der Waals surface area contributed by atoms with Gasteiger partial charge < -0.3 is 9.84 Å². The maximum Gasteiger partial charge on any atom is 0.213 e. The summed E-state index contributed by atoms with van der Waals surface area (Å²) in [6.45, 7) is 0. The minimum Gasteiger partial charge on any atom is -0.481 e. The van der Waals surface area contributed by atoms with Gasteiger partial charge in [-0.1, -0.05) is 18.2 Å². The molecule has 88 valence electrons. The molecule has 0 saturated carbocycles. The lowest BCUT2D eigenvalue weighted by Gasteiger charge is -2.11. The maximum atomic E-state index is 12.8. The number of rotatable bonds is 3. The van der Waals surface area contributed by atoms with E-state index in [0.29, 0.717) is 17.1 Å². The molecule has 2 aromatic rings. The van der Waals surface area contributed by atoms with Crippen LogP contribution in [0.2, 0.25) is 0 Å². The van der Waals surface area contributed by atoms with Gasteiger partial charge in [0.05, 0.1) is 12.8 Å². The van der Waals surface area contributed by atoms with Crippen LogP contribution < -0.4 is 4.74 Å². The highest BCUT2D eigenvalue weighted by molar-refractivity contribution is 5.27. The predicted molar refractivity (Wildman–Crippen MR) is 61.3 cm³/mol. The number of aromatic nitrogens is 1. The lowest BCUT2D eigenvalue weighted by Crippen LogP contribution is -2.03. The van der Waals surface area contributed by atoms with Crippen molar-refractivity contribution in [1.29, 1.82) is 0 Å². The van der Waals surface area contributed by atoms with E-state index >= 15 is 0 Å². The van der Waals surface area contributed by atoms with E-state index in [2.05, 4.69) is 4.98 Å². The van der Waals surface area contributed by atoms with Gasteiger partial charge >= 0.3 is 0 Å². The van der Waals surface area contributed by atoms with Crippen molar-refractivity contribution in [2.45, 2.75) is 6.10 Å². The molecule has 0 bridgehead atoms. The van der Waals surface area contributed by atoms with E-state index in [1.807, 2.05) is 0 Å². The number of nitrogens with zero attached hydrogens (tertiary/aromatic N) is 1. The number of benzene rings is 1. The summed E-state index contributed by atoms with van der Waals surface area (Å²) in [6.07, 6.45) is -0.884. The minimum atomic E-state index is -0.884. The van der Waals surface area contributed by atoms with Crippen molar-refractivity contribution in [3.8, 4) is 5.88 Å². The molecule has 0 fully saturated rings. The van der Waals surface area contributed by atoms with E-state index in [1.165, 1.54) is 31.4 Å². The highest BCUT2D eigenvalue weighted by atomic mass is 19.1. The number of hydrogen-bond acceptors (Lipinski definition) is 3. The Balaban J connectivity index is 2.29. The Bertz CT molecular complexity index is 499. The quantitative estimate of drug-likeness (QED) is 0.884. The van der Waals surface area contributed by atoms with Crippen molar-refractivity contribution >= 4 is 0 Å². The average molecular weight is 233 g/mol. The summed E-state index contributed by atoms with van der Waals surface area (Å²) in [7, 11) is 1.51. The van der Waals surface area contributed by atoms with Crippen molar-refractivity contribution in [2.24, 2.45) is 0 Å². The second-order valence-corrected chi connectivity index (χ2v) is 3.56. The standard InChI is InChI=1S/C13H12FNO2/c1-17-12-4-2-3-11(15-12)13(16)9-5-7-10(14)8-6-9/h2-8,13,16H,1H3. The van der Waals surface area contributed by atoms with E-state index in [0.717, 1.165) is 0 Å². The molecule has 1 aromatic carbocycles. The summed E-state index contributed by atoms with van der Waals surface area (Å²) in [5.41, 5.74) is 1.06. The van der Waals surface area contributed by atoms with Crippen LogP contribution >= 0.6 is 0 Å². The van der Waals surface area contributed by atoms with Gasteiger partial charge in [-0.05, 0) is 23.8 Å². The third-order valence-electron chi connectivity index (χ3n) is 2.42. The zero-order valence-electron chi connectivity index (χ0n) is 9.30. The van der Waals surface area contributed by atoms with Gasteiger partial charge in [0.25, 0.3) is 0 Å². The van der Waals surface area contributed by atoms with E-state index in [4.69, 9.17) is 4.74 Å². The molecular formula is C13H12FNO2. The zero-order chi connectivity index (χ0) is 12.3. The van der Waals surface area contributed by atoms with Crippen LogP contribution in [0, 0.1) is 5.82 Å². The number of ether oxygens (including phenoxy) is 1. The van der Waals surface area contributed by atoms with Crippen LogP contribution in [0.5, 0.6) is 5.88 Å². The van der Waals surface area contributed by atoms with E-state index in [9.17, 15) is 9.50 Å². The summed E-state index contributed by atoms with van der Waals surface area (Å²) in [5, 5.41) is 10.1. The summed E-state index contributed by atoms with van der Waals surface area (Å²) >= 11 is 0. The molecule has 4 heteroatoms. The minimum absolute atomic E-state index is 0.334. The maximum absolute atomic E-state index is 12.8. The predicted octanol–water partition coefficient (Wildman–Crippen LogP) is 2.31. The summed E-state index contributed by atoms with van der Waals surface area (Å²) in [5.74, 6) is 0.100. The normalized spacial score (nSPS) is 12.2. The molecule has 17 heavy (non-hydrogen) atoms. The van der Waals surface area contributed by atoms with Gasteiger partial charge in [0.1, 0.15) is 11.9 Å². The van der Waals surface area contributed by atoms with Crippen LogP contribution in [-0.4, -0.2) is 17.2 Å². The van der Waals surface area contributed by atoms with E-state index < -0.39 is 6.10 Å². The van der Waals surface area contributed by atoms with Gasteiger partial charge in [-0.2, -0.15) is 0 Å². The van der Waals surface area contributed by atoms with Crippen LogP contribution in [0.15, 0.2) is 42.5 Å². The number of aliphatic hydroxyl groups excluding tert-OH is 1. The highest BCUT2D eigenvalue weighted by Crippen LogP contribution is 2.21. The molecule has 0 saturated heterocycles. The molecule has 1 unspecified atom stereocenters. The summed E-state index contributed by atoms with van der Waals surface area (Å²) in [6, 6.07) is 10.8. The van der Waals surface area contributed by atoms with Gasteiger partial charge in [0.2, 0.25) is 5.88 Å². The molecule has 3 nitrogen and oxygen atoms in total. The molecular weight excluding hydrogens is 221 g/mol. The third-order valence-corrected chi connectivity index (χ3v) is 2.42. The molecule has 1 N–H and O–H groups in total. The lowest BCUT2D eigenvalue weighted by molar-refractivity contribution is 0.213. The second kappa shape index (κ2) is 4.93. The molecule has 2 rings (SSSR count). The Hall–Kier alpha value is -1.94. The molecule has 0 spiro atoms. The second-order valence-electron chi connectivity index (χ2n) is 3.56. The van der Waals surface area contributed by atoms with Crippen molar-refractivity contribution in [1.82, 2.24) is 4.98 Å². The van der Waals surface area contributed by atoms with Gasteiger partial charge in [-0.25, -0.2) is 9.37 Å². The van der Waals surface area contributed by atoms with Crippen LogP contribution in [0.3, 0.4) is 0 Å². The Morgan fingerprint density at radius 2 is 1.88 bits per heavy atom. The molecule has 0 aliphatic heterocycles. The first-order chi connectivity index (χ1) is 8.20. The molecule has 0 aliphatic rings. The first-order valence-electron chi connectivity index (χ1n) is 5.15. The van der Waals surface area contributed by atoms with Crippen molar-refractivity contribution in [3.05, 3.63) is 59.5 Å². The van der Waals surface area contributed by atoms with Crippen molar-refractivity contribution < 1.29 is 14.2 Å². The SMILES string of the molecule is COc1cccc(C(O)c2ccc(F)cc2)n1. The summed E-state index contributed by atoms with van der Waals surface area (Å²) in [4.78, 5) is 4.12. The molecule has 1 aromatic heterocycles. The molecule has 0 aliphatic carbocycles. The Morgan fingerprint density at radius 3 is 2.53 bits per heavy atom. The topological polar surface area (TPSA) is 42.4 Å². The monoisotopic (exact) mass is 233 g/mol. The Kier molecular flexibility index (Phi) is 3.35. The van der Waals surface area contributed by atoms with Gasteiger partial charge in [-0.3, -0.25) is 0 Å². The third kappa shape index (κ3) is 2.60. The highest BCUT2D eigenvalue weighted by Gasteiger charge is 2.12. The van der Waals surface area contributed by atoms with Crippen LogP contribution in [0.4, 0.5) is 4.39 Å². The Labute approximate surface area is 98.5 Å². The molecule has 0 amide bonds. The molecule has 1 heterocycles. The number of halogens is 1. The van der Waals surface area contributed by atoms with Crippen LogP contribution in [0.1, 0.15) is 17.4 Å². The van der Waals surface area contributed by atoms with E-state index in [1.54, 1.807) is 18.2 Å². The van der Waals surface area contributed by atoms with Crippen molar-refractivity contribution in [2.75, 3.05) is 7.11 Å². The van der Waals surface area contributed by atoms with Crippen LogP contribution in [0.25, 0.3) is 0 Å². The van der Waals surface area contributed by atoms with Crippen molar-refractivity contribution in [3.63, 3.8) is 0 Å². The first kappa shape index (κ1) is 11.5. The number of methoxy groups -OCH3 is 1. The molecule has 1 atom stereocenters. The average Bonchev–Trinajstić information content (AvgIpc) is 2.39. The van der Waals surface area contributed by atoms with Gasteiger partial charge in [0.15, 0.2) is 0 Å². The number of aliphatic hydroxyl groups is 1. The van der Waals surface area contributed by atoms with Gasteiger partial charge in [-0.15, -0.1) is 0 Å². The summed E-state index contributed by atoms with van der Waals surface area (Å²) < 4.78 is 17.7. The fraction of sp³-hybridized carbons (Fsp3) is 0.154. The van der Waals surface area contributed by atoms with Crippen LogP contribution in [-0.2, 0) is 0 Å². The van der Waals surface area contributed by atoms with Gasteiger partial charge in [0, 0.05) is 6.07 Å². The lowest BCUT2D eigenvalue weighted by atomic mass is 10.1. The largest absolute Gasteiger partial charge is 0.481 e. The fourth-order valence-electron chi connectivity index (χ4n) is 1.51.